The minimum absolute atomic E-state index is 0.457. The lowest BCUT2D eigenvalue weighted by atomic mass is 9.63. The van der Waals surface area contributed by atoms with Crippen molar-refractivity contribution in [3.05, 3.63) is 0 Å². The fourth-order valence-corrected chi connectivity index (χ4v) is 2.67. The highest BCUT2D eigenvalue weighted by atomic mass is 16.3. The highest BCUT2D eigenvalue weighted by molar-refractivity contribution is 5.05. The zero-order chi connectivity index (χ0) is 7.19. The van der Waals surface area contributed by atoms with E-state index >= 15 is 0 Å². The van der Waals surface area contributed by atoms with Crippen molar-refractivity contribution in [2.75, 3.05) is 6.54 Å². The highest BCUT2D eigenvalue weighted by Gasteiger charge is 2.53. The van der Waals surface area contributed by atoms with Crippen molar-refractivity contribution in [2.24, 2.45) is 17.6 Å². The molecule has 3 N–H and O–H groups in total. The van der Waals surface area contributed by atoms with Crippen LogP contribution >= 0.6 is 0 Å². The molecular weight excluding hydrogens is 126 g/mol. The van der Waals surface area contributed by atoms with Crippen LogP contribution in [0.25, 0.3) is 0 Å². The molecule has 3 unspecified atom stereocenters. The molecule has 0 amide bonds. The summed E-state index contributed by atoms with van der Waals surface area (Å²) in [5.74, 6) is 1.37. The van der Waals surface area contributed by atoms with Gasteiger partial charge >= 0.3 is 0 Å². The number of nitrogens with two attached hydrogens (primary N) is 1. The van der Waals surface area contributed by atoms with E-state index in [-0.39, 0.29) is 0 Å². The van der Waals surface area contributed by atoms with Crippen LogP contribution in [-0.2, 0) is 0 Å². The second-order valence-corrected chi connectivity index (χ2v) is 3.81. The normalized spacial score (nSPS) is 52.2. The summed E-state index contributed by atoms with van der Waals surface area (Å²) in [5, 5.41) is 9.76. The van der Waals surface area contributed by atoms with Gasteiger partial charge in [0.05, 0.1) is 5.60 Å². The molecule has 2 aliphatic carbocycles. The maximum atomic E-state index is 9.76. The molecule has 10 heavy (non-hydrogen) atoms. The van der Waals surface area contributed by atoms with Crippen molar-refractivity contribution < 1.29 is 5.11 Å². The van der Waals surface area contributed by atoms with Crippen LogP contribution in [-0.4, -0.2) is 17.3 Å². The SMILES string of the molecule is NCC1(O)CC2CCCC21. The Morgan fingerprint density at radius 2 is 2.30 bits per heavy atom. The van der Waals surface area contributed by atoms with Gasteiger partial charge in [0, 0.05) is 6.54 Å². The van der Waals surface area contributed by atoms with Gasteiger partial charge in [0.25, 0.3) is 0 Å². The third-order valence-electron chi connectivity index (χ3n) is 3.32. The van der Waals surface area contributed by atoms with E-state index in [9.17, 15) is 5.11 Å². The smallest absolute Gasteiger partial charge is 0.0802 e. The molecule has 0 aromatic heterocycles. The standard InChI is InChI=1S/C8H15NO/c9-5-8(10)4-6-2-1-3-7(6)8/h6-7,10H,1-5,9H2. The zero-order valence-electron chi connectivity index (χ0n) is 6.21. The molecule has 0 radical (unpaired) electrons. The van der Waals surface area contributed by atoms with E-state index in [1.54, 1.807) is 0 Å². The summed E-state index contributed by atoms with van der Waals surface area (Å²) in [6, 6.07) is 0. The molecule has 0 saturated heterocycles. The van der Waals surface area contributed by atoms with E-state index in [1.807, 2.05) is 0 Å². The van der Waals surface area contributed by atoms with Gasteiger partial charge in [0.1, 0.15) is 0 Å². The van der Waals surface area contributed by atoms with Gasteiger partial charge in [0.15, 0.2) is 0 Å². The molecular formula is C8H15NO. The number of aliphatic hydroxyl groups is 1. The summed E-state index contributed by atoms with van der Waals surface area (Å²) in [4.78, 5) is 0. The molecule has 0 spiro atoms. The summed E-state index contributed by atoms with van der Waals surface area (Å²) in [5.41, 5.74) is 5.02. The fraction of sp³-hybridized carbons (Fsp3) is 1.00. The Balaban J connectivity index is 2.05. The lowest BCUT2D eigenvalue weighted by Crippen LogP contribution is -2.56. The van der Waals surface area contributed by atoms with Gasteiger partial charge in [-0.2, -0.15) is 0 Å². The van der Waals surface area contributed by atoms with Gasteiger partial charge in [-0.05, 0) is 31.1 Å². The van der Waals surface area contributed by atoms with E-state index in [0.29, 0.717) is 12.5 Å². The fourth-order valence-electron chi connectivity index (χ4n) is 2.67. The first-order chi connectivity index (χ1) is 4.76. The topological polar surface area (TPSA) is 46.2 Å². The quantitative estimate of drug-likeness (QED) is 0.558. The summed E-state index contributed by atoms with van der Waals surface area (Å²) in [6.45, 7) is 0.466. The molecule has 3 atom stereocenters. The van der Waals surface area contributed by atoms with Crippen LogP contribution < -0.4 is 5.73 Å². The third kappa shape index (κ3) is 0.663. The molecule has 0 bridgehead atoms. The minimum Gasteiger partial charge on any atom is -0.388 e. The molecule has 2 fully saturated rings. The maximum Gasteiger partial charge on any atom is 0.0802 e. The molecule has 2 nitrogen and oxygen atoms in total. The van der Waals surface area contributed by atoms with Gasteiger partial charge in [-0.15, -0.1) is 0 Å². The van der Waals surface area contributed by atoms with Crippen molar-refractivity contribution in [1.29, 1.82) is 0 Å². The first-order valence-electron chi connectivity index (χ1n) is 4.19. The molecule has 2 heteroatoms. The number of hydrogen-bond donors (Lipinski definition) is 2. The van der Waals surface area contributed by atoms with Gasteiger partial charge in [-0.1, -0.05) is 6.42 Å². The molecule has 0 aromatic rings. The van der Waals surface area contributed by atoms with E-state index in [2.05, 4.69) is 0 Å². The average molecular weight is 141 g/mol. The molecule has 2 rings (SSSR count). The lowest BCUT2D eigenvalue weighted by molar-refractivity contribution is -0.116. The molecule has 2 saturated carbocycles. The molecule has 2 aliphatic rings. The summed E-state index contributed by atoms with van der Waals surface area (Å²) in [6.07, 6.45) is 4.80. The van der Waals surface area contributed by atoms with E-state index in [4.69, 9.17) is 5.73 Å². The summed E-state index contributed by atoms with van der Waals surface area (Å²) >= 11 is 0. The lowest BCUT2D eigenvalue weighted by Gasteiger charge is -2.48. The Kier molecular flexibility index (Phi) is 1.29. The highest BCUT2D eigenvalue weighted by Crippen LogP contribution is 2.52. The van der Waals surface area contributed by atoms with Crippen LogP contribution in [0, 0.1) is 11.8 Å². The van der Waals surface area contributed by atoms with Crippen LogP contribution in [0.3, 0.4) is 0 Å². The van der Waals surface area contributed by atoms with Crippen molar-refractivity contribution in [3.8, 4) is 0 Å². The first-order valence-corrected chi connectivity index (χ1v) is 4.19. The predicted molar refractivity (Wildman–Crippen MR) is 39.5 cm³/mol. The van der Waals surface area contributed by atoms with Crippen molar-refractivity contribution >= 4 is 0 Å². The predicted octanol–water partition coefficient (Wildman–Crippen LogP) is 0.496. The Labute approximate surface area is 61.4 Å². The molecule has 0 aromatic carbocycles. The minimum atomic E-state index is -0.457. The summed E-state index contributed by atoms with van der Waals surface area (Å²) in [7, 11) is 0. The average Bonchev–Trinajstić information content (AvgIpc) is 2.30. The maximum absolute atomic E-state index is 9.76. The van der Waals surface area contributed by atoms with Gasteiger partial charge in [-0.3, -0.25) is 0 Å². The number of hydrogen-bond acceptors (Lipinski definition) is 2. The van der Waals surface area contributed by atoms with Crippen molar-refractivity contribution in [2.45, 2.75) is 31.3 Å². The largest absolute Gasteiger partial charge is 0.388 e. The second kappa shape index (κ2) is 1.95. The van der Waals surface area contributed by atoms with Crippen molar-refractivity contribution in [1.82, 2.24) is 0 Å². The van der Waals surface area contributed by atoms with Crippen LogP contribution in [0.5, 0.6) is 0 Å². The van der Waals surface area contributed by atoms with E-state index in [0.717, 1.165) is 12.3 Å². The van der Waals surface area contributed by atoms with Crippen LogP contribution in [0.15, 0.2) is 0 Å². The van der Waals surface area contributed by atoms with E-state index in [1.165, 1.54) is 19.3 Å². The van der Waals surface area contributed by atoms with Crippen LogP contribution in [0.4, 0.5) is 0 Å². The van der Waals surface area contributed by atoms with Gasteiger partial charge in [-0.25, -0.2) is 0 Å². The number of rotatable bonds is 1. The van der Waals surface area contributed by atoms with E-state index < -0.39 is 5.60 Å². The van der Waals surface area contributed by atoms with Crippen LogP contribution in [0.1, 0.15) is 25.7 Å². The second-order valence-electron chi connectivity index (χ2n) is 3.81. The Morgan fingerprint density at radius 3 is 2.90 bits per heavy atom. The van der Waals surface area contributed by atoms with Gasteiger partial charge in [0.2, 0.25) is 0 Å². The Hall–Kier alpha value is -0.0800. The van der Waals surface area contributed by atoms with Crippen LogP contribution in [0.2, 0.25) is 0 Å². The molecule has 0 heterocycles. The molecule has 0 aliphatic heterocycles. The first kappa shape index (κ1) is 6.62. The third-order valence-corrected chi connectivity index (χ3v) is 3.32. The number of fused-ring (bicyclic) bond motifs is 1. The Bertz CT molecular complexity index is 148. The summed E-state index contributed by atoms with van der Waals surface area (Å²) < 4.78 is 0. The van der Waals surface area contributed by atoms with Gasteiger partial charge < -0.3 is 10.8 Å². The monoisotopic (exact) mass is 141 g/mol. The Morgan fingerprint density at radius 1 is 1.50 bits per heavy atom. The van der Waals surface area contributed by atoms with Crippen molar-refractivity contribution in [3.63, 3.8) is 0 Å². The zero-order valence-corrected chi connectivity index (χ0v) is 6.21. The molecule has 58 valence electrons.